The normalized spacial score (nSPS) is 11.3. The molecule has 0 amide bonds. The molecular formula is C19H23N. The smallest absolute Gasteiger partial charge is 0.0688 e. The molecule has 2 aromatic carbocycles. The van der Waals surface area contributed by atoms with Crippen molar-refractivity contribution < 1.29 is 0 Å². The highest BCUT2D eigenvalue weighted by atomic mass is 14.7. The van der Waals surface area contributed by atoms with Gasteiger partial charge in [-0.1, -0.05) is 35.4 Å². The Morgan fingerprint density at radius 2 is 1.05 bits per heavy atom. The van der Waals surface area contributed by atoms with Crippen molar-refractivity contribution in [2.75, 3.05) is 0 Å². The SMILES string of the molecule is Cc1cc(C)c(C=Nc2c(C)cc(C)cc2C)c(C)c1. The van der Waals surface area contributed by atoms with Crippen LogP contribution in [0.3, 0.4) is 0 Å². The molecule has 0 atom stereocenters. The maximum Gasteiger partial charge on any atom is 0.0688 e. The van der Waals surface area contributed by atoms with Gasteiger partial charge >= 0.3 is 0 Å². The van der Waals surface area contributed by atoms with Crippen LogP contribution >= 0.6 is 0 Å². The van der Waals surface area contributed by atoms with Crippen LogP contribution in [-0.4, -0.2) is 6.21 Å². The molecule has 1 heteroatoms. The highest BCUT2D eigenvalue weighted by Crippen LogP contribution is 2.25. The third kappa shape index (κ3) is 2.98. The molecule has 0 radical (unpaired) electrons. The molecule has 0 aliphatic heterocycles. The number of aliphatic imine (C=N–C) groups is 1. The highest BCUT2D eigenvalue weighted by molar-refractivity contribution is 5.86. The maximum absolute atomic E-state index is 4.74. The van der Waals surface area contributed by atoms with Crippen molar-refractivity contribution in [1.82, 2.24) is 0 Å². The van der Waals surface area contributed by atoms with E-state index < -0.39 is 0 Å². The van der Waals surface area contributed by atoms with E-state index in [0.717, 1.165) is 5.69 Å². The van der Waals surface area contributed by atoms with E-state index in [0.29, 0.717) is 0 Å². The summed E-state index contributed by atoms with van der Waals surface area (Å²) in [5, 5.41) is 0. The molecule has 0 aromatic heterocycles. The second-order valence-corrected chi connectivity index (χ2v) is 5.82. The topological polar surface area (TPSA) is 12.4 Å². The van der Waals surface area contributed by atoms with Crippen molar-refractivity contribution in [1.29, 1.82) is 0 Å². The molecule has 0 heterocycles. The molecule has 1 nitrogen and oxygen atoms in total. The van der Waals surface area contributed by atoms with Crippen LogP contribution in [0.4, 0.5) is 5.69 Å². The van der Waals surface area contributed by atoms with Gasteiger partial charge in [0.15, 0.2) is 0 Å². The van der Waals surface area contributed by atoms with Gasteiger partial charge in [0, 0.05) is 6.21 Å². The summed E-state index contributed by atoms with van der Waals surface area (Å²) in [6.07, 6.45) is 2.01. The maximum atomic E-state index is 4.74. The molecule has 2 aromatic rings. The van der Waals surface area contributed by atoms with E-state index in [1.54, 1.807) is 0 Å². The zero-order valence-electron chi connectivity index (χ0n) is 13.3. The number of hydrogen-bond donors (Lipinski definition) is 0. The largest absolute Gasteiger partial charge is 0.256 e. The number of nitrogens with zero attached hydrogens (tertiary/aromatic N) is 1. The van der Waals surface area contributed by atoms with Crippen LogP contribution < -0.4 is 0 Å². The lowest BCUT2D eigenvalue weighted by Gasteiger charge is -2.09. The summed E-state index contributed by atoms with van der Waals surface area (Å²) in [7, 11) is 0. The fourth-order valence-corrected chi connectivity index (χ4v) is 2.90. The van der Waals surface area contributed by atoms with Gasteiger partial charge in [0.05, 0.1) is 5.69 Å². The van der Waals surface area contributed by atoms with E-state index in [-0.39, 0.29) is 0 Å². The Balaban J connectivity index is 2.45. The fraction of sp³-hybridized carbons (Fsp3) is 0.316. The van der Waals surface area contributed by atoms with Crippen molar-refractivity contribution in [3.8, 4) is 0 Å². The van der Waals surface area contributed by atoms with Gasteiger partial charge < -0.3 is 0 Å². The number of aryl methyl sites for hydroxylation is 6. The van der Waals surface area contributed by atoms with Crippen molar-refractivity contribution >= 4 is 11.9 Å². The molecule has 0 aliphatic carbocycles. The van der Waals surface area contributed by atoms with Crippen molar-refractivity contribution in [3.05, 3.63) is 63.2 Å². The first-order valence-electron chi connectivity index (χ1n) is 7.08. The molecule has 20 heavy (non-hydrogen) atoms. The van der Waals surface area contributed by atoms with Crippen molar-refractivity contribution in [2.45, 2.75) is 41.5 Å². The summed E-state index contributed by atoms with van der Waals surface area (Å²) in [5.41, 5.74) is 9.97. The van der Waals surface area contributed by atoms with Crippen molar-refractivity contribution in [3.63, 3.8) is 0 Å². The second-order valence-electron chi connectivity index (χ2n) is 5.82. The predicted molar refractivity (Wildman–Crippen MR) is 88.6 cm³/mol. The third-order valence-corrected chi connectivity index (χ3v) is 3.70. The molecule has 104 valence electrons. The Bertz CT molecular complexity index is 573. The van der Waals surface area contributed by atoms with Gasteiger partial charge in [-0.25, -0.2) is 0 Å². The molecule has 0 N–H and O–H groups in total. The van der Waals surface area contributed by atoms with Crippen LogP contribution in [-0.2, 0) is 0 Å². The monoisotopic (exact) mass is 265 g/mol. The van der Waals surface area contributed by atoms with Crippen LogP contribution in [0.1, 0.15) is 38.9 Å². The van der Waals surface area contributed by atoms with E-state index in [9.17, 15) is 0 Å². The number of benzene rings is 2. The van der Waals surface area contributed by atoms with Crippen LogP contribution in [0.2, 0.25) is 0 Å². The summed E-state index contributed by atoms with van der Waals surface area (Å²) in [6.45, 7) is 12.8. The molecule has 0 spiro atoms. The zero-order valence-corrected chi connectivity index (χ0v) is 13.3. The fourth-order valence-electron chi connectivity index (χ4n) is 2.90. The standard InChI is InChI=1S/C19H23N/c1-12-7-14(3)18(15(4)8-12)11-20-19-16(5)9-13(2)10-17(19)6/h7-11H,1-6H3. The Morgan fingerprint density at radius 3 is 1.50 bits per heavy atom. The van der Waals surface area contributed by atoms with Crippen LogP contribution in [0.15, 0.2) is 29.3 Å². The van der Waals surface area contributed by atoms with Crippen LogP contribution in [0, 0.1) is 41.5 Å². The Morgan fingerprint density at radius 1 is 0.650 bits per heavy atom. The van der Waals surface area contributed by atoms with Gasteiger partial charge in [-0.15, -0.1) is 0 Å². The Labute approximate surface area is 122 Å². The molecule has 0 fully saturated rings. The van der Waals surface area contributed by atoms with E-state index in [1.807, 2.05) is 6.21 Å². The second kappa shape index (κ2) is 5.62. The lowest BCUT2D eigenvalue weighted by atomic mass is 10.0. The Kier molecular flexibility index (Phi) is 4.08. The molecule has 0 saturated heterocycles. The van der Waals surface area contributed by atoms with Gasteiger partial charge in [0.2, 0.25) is 0 Å². The number of hydrogen-bond acceptors (Lipinski definition) is 1. The highest BCUT2D eigenvalue weighted by Gasteiger charge is 2.04. The lowest BCUT2D eigenvalue weighted by Crippen LogP contribution is -1.94. The first kappa shape index (κ1) is 14.5. The van der Waals surface area contributed by atoms with Gasteiger partial charge in [-0.3, -0.25) is 4.99 Å². The summed E-state index contributed by atoms with van der Waals surface area (Å²) in [4.78, 5) is 4.74. The predicted octanol–water partition coefficient (Wildman–Crippen LogP) is 5.29. The van der Waals surface area contributed by atoms with Gasteiger partial charge in [0.1, 0.15) is 0 Å². The van der Waals surface area contributed by atoms with Crippen LogP contribution in [0.5, 0.6) is 0 Å². The summed E-state index contributed by atoms with van der Waals surface area (Å²) in [6, 6.07) is 8.80. The minimum Gasteiger partial charge on any atom is -0.256 e. The van der Waals surface area contributed by atoms with Gasteiger partial charge in [0.25, 0.3) is 0 Å². The first-order chi connectivity index (χ1) is 9.38. The zero-order chi connectivity index (χ0) is 14.9. The summed E-state index contributed by atoms with van der Waals surface area (Å²) in [5.74, 6) is 0. The lowest BCUT2D eigenvalue weighted by molar-refractivity contribution is 1.28. The van der Waals surface area contributed by atoms with E-state index in [2.05, 4.69) is 65.8 Å². The average molecular weight is 265 g/mol. The molecule has 0 unspecified atom stereocenters. The molecular weight excluding hydrogens is 242 g/mol. The first-order valence-corrected chi connectivity index (χ1v) is 7.08. The average Bonchev–Trinajstić information content (AvgIpc) is 2.30. The Hall–Kier alpha value is -1.89. The van der Waals surface area contributed by atoms with E-state index in [4.69, 9.17) is 4.99 Å². The third-order valence-electron chi connectivity index (χ3n) is 3.70. The molecule has 0 bridgehead atoms. The minimum atomic E-state index is 1.09. The summed E-state index contributed by atoms with van der Waals surface area (Å²) >= 11 is 0. The van der Waals surface area contributed by atoms with Crippen LogP contribution in [0.25, 0.3) is 0 Å². The number of rotatable bonds is 2. The van der Waals surface area contributed by atoms with E-state index >= 15 is 0 Å². The molecule has 0 saturated carbocycles. The van der Waals surface area contributed by atoms with Gasteiger partial charge in [-0.2, -0.15) is 0 Å². The molecule has 2 rings (SSSR count). The summed E-state index contributed by atoms with van der Waals surface area (Å²) < 4.78 is 0. The van der Waals surface area contributed by atoms with Crippen molar-refractivity contribution in [2.24, 2.45) is 4.99 Å². The van der Waals surface area contributed by atoms with E-state index in [1.165, 1.54) is 38.9 Å². The minimum absolute atomic E-state index is 1.09. The molecule has 0 aliphatic rings. The quantitative estimate of drug-likeness (QED) is 0.654. The van der Waals surface area contributed by atoms with Gasteiger partial charge in [-0.05, 0) is 69.4 Å².